The van der Waals surface area contributed by atoms with Gasteiger partial charge in [0.2, 0.25) is 5.91 Å². The third-order valence-corrected chi connectivity index (χ3v) is 4.99. The lowest BCUT2D eigenvalue weighted by molar-refractivity contribution is -0.159. The fraction of sp³-hybridized carbons (Fsp3) is 0.526. The first-order valence-corrected chi connectivity index (χ1v) is 8.97. The summed E-state index contributed by atoms with van der Waals surface area (Å²) < 4.78 is 11.5. The topological polar surface area (TPSA) is 38.8 Å². The molecule has 0 bridgehead atoms. The molecule has 0 aromatic heterocycles. The van der Waals surface area contributed by atoms with Gasteiger partial charge in [-0.05, 0) is 36.1 Å². The first-order valence-electron chi connectivity index (χ1n) is 8.59. The Labute approximate surface area is 148 Å². The predicted molar refractivity (Wildman–Crippen MR) is 96.2 cm³/mol. The minimum absolute atomic E-state index is 0.0147. The van der Waals surface area contributed by atoms with Crippen LogP contribution in [0, 0.1) is 0 Å². The second-order valence-corrected chi connectivity index (χ2v) is 6.79. The molecule has 1 aromatic carbocycles. The van der Waals surface area contributed by atoms with Crippen molar-refractivity contribution in [3.05, 3.63) is 34.9 Å². The van der Waals surface area contributed by atoms with Gasteiger partial charge in [-0.2, -0.15) is 0 Å². The number of nitrogens with zero attached hydrogens (tertiary/aromatic N) is 1. The molecule has 2 aliphatic rings. The van der Waals surface area contributed by atoms with Crippen molar-refractivity contribution in [2.75, 3.05) is 24.7 Å². The molecule has 130 valence electrons. The number of carbonyl (C=O) groups is 1. The molecule has 5 heteroatoms. The summed E-state index contributed by atoms with van der Waals surface area (Å²) in [6, 6.07) is 5.96. The lowest BCUT2D eigenvalue weighted by Gasteiger charge is -2.31. The fourth-order valence-electron chi connectivity index (χ4n) is 3.43. The first kappa shape index (κ1) is 17.5. The Morgan fingerprint density at radius 1 is 1.33 bits per heavy atom. The molecule has 0 saturated carbocycles. The second-order valence-electron chi connectivity index (χ2n) is 6.38. The molecule has 24 heavy (non-hydrogen) atoms. The molecule has 1 aliphatic heterocycles. The van der Waals surface area contributed by atoms with Crippen molar-refractivity contribution in [1.29, 1.82) is 0 Å². The average Bonchev–Trinajstić information content (AvgIpc) is 3.02. The van der Waals surface area contributed by atoms with E-state index in [9.17, 15) is 4.79 Å². The van der Waals surface area contributed by atoms with E-state index in [1.165, 1.54) is 5.57 Å². The van der Waals surface area contributed by atoms with Crippen LogP contribution in [0.2, 0.25) is 5.02 Å². The SMILES string of the molecule is CCCN(C(C)=O)c1ccc(C2=CCC3(CC2)OCCO3)cc1Cl. The van der Waals surface area contributed by atoms with E-state index in [-0.39, 0.29) is 5.91 Å². The van der Waals surface area contributed by atoms with Crippen LogP contribution in [0.1, 0.15) is 45.1 Å². The van der Waals surface area contributed by atoms with Gasteiger partial charge in [-0.3, -0.25) is 4.79 Å². The van der Waals surface area contributed by atoms with Crippen LogP contribution in [-0.4, -0.2) is 31.5 Å². The van der Waals surface area contributed by atoms with Gasteiger partial charge in [0.25, 0.3) is 0 Å². The summed E-state index contributed by atoms with van der Waals surface area (Å²) in [5.41, 5.74) is 3.15. The van der Waals surface area contributed by atoms with E-state index in [1.807, 2.05) is 25.1 Å². The zero-order valence-electron chi connectivity index (χ0n) is 14.3. The van der Waals surface area contributed by atoms with Crippen LogP contribution < -0.4 is 4.90 Å². The van der Waals surface area contributed by atoms with Gasteiger partial charge < -0.3 is 14.4 Å². The molecule has 1 spiro atoms. The average molecular weight is 350 g/mol. The van der Waals surface area contributed by atoms with E-state index >= 15 is 0 Å². The van der Waals surface area contributed by atoms with Crippen LogP contribution in [0.3, 0.4) is 0 Å². The van der Waals surface area contributed by atoms with Crippen LogP contribution in [-0.2, 0) is 14.3 Å². The van der Waals surface area contributed by atoms with Gasteiger partial charge in [0, 0.05) is 26.3 Å². The van der Waals surface area contributed by atoms with Crippen LogP contribution in [0.5, 0.6) is 0 Å². The highest BCUT2D eigenvalue weighted by Gasteiger charge is 2.37. The molecule has 1 fully saturated rings. The number of rotatable bonds is 4. The van der Waals surface area contributed by atoms with E-state index in [0.29, 0.717) is 24.8 Å². The maximum atomic E-state index is 11.8. The van der Waals surface area contributed by atoms with Crippen molar-refractivity contribution < 1.29 is 14.3 Å². The number of halogens is 1. The summed E-state index contributed by atoms with van der Waals surface area (Å²) in [6.07, 6.45) is 5.63. The Kier molecular flexibility index (Phi) is 5.28. The van der Waals surface area contributed by atoms with Gasteiger partial charge >= 0.3 is 0 Å². The Morgan fingerprint density at radius 3 is 2.62 bits per heavy atom. The molecule has 0 radical (unpaired) electrons. The molecule has 1 heterocycles. The summed E-state index contributed by atoms with van der Waals surface area (Å²) in [5.74, 6) is -0.388. The highest BCUT2D eigenvalue weighted by molar-refractivity contribution is 6.34. The first-order chi connectivity index (χ1) is 11.5. The summed E-state index contributed by atoms with van der Waals surface area (Å²) >= 11 is 6.47. The number of benzene rings is 1. The minimum atomic E-state index is -0.403. The standard InChI is InChI=1S/C19H24ClNO3/c1-3-10-21(14(2)22)18-5-4-16(13-17(18)20)15-6-8-19(9-7-15)23-11-12-24-19/h4-6,13H,3,7-12H2,1-2H3. The molecule has 1 aromatic rings. The Bertz CT molecular complexity index is 650. The van der Waals surface area contributed by atoms with Gasteiger partial charge in [-0.15, -0.1) is 0 Å². The van der Waals surface area contributed by atoms with Gasteiger partial charge in [0.1, 0.15) is 0 Å². The monoisotopic (exact) mass is 349 g/mol. The van der Waals surface area contributed by atoms with Crippen LogP contribution in [0.15, 0.2) is 24.3 Å². The second kappa shape index (κ2) is 7.26. The minimum Gasteiger partial charge on any atom is -0.347 e. The van der Waals surface area contributed by atoms with Gasteiger partial charge in [-0.1, -0.05) is 30.7 Å². The number of amides is 1. The quantitative estimate of drug-likeness (QED) is 0.808. The Hall–Kier alpha value is -1.36. The van der Waals surface area contributed by atoms with Crippen LogP contribution in [0.4, 0.5) is 5.69 Å². The van der Waals surface area contributed by atoms with Crippen molar-refractivity contribution in [3.8, 4) is 0 Å². The largest absolute Gasteiger partial charge is 0.347 e. The van der Waals surface area contributed by atoms with Crippen molar-refractivity contribution in [3.63, 3.8) is 0 Å². The van der Waals surface area contributed by atoms with E-state index in [1.54, 1.807) is 11.8 Å². The van der Waals surface area contributed by atoms with E-state index in [2.05, 4.69) is 6.08 Å². The Morgan fingerprint density at radius 2 is 2.08 bits per heavy atom. The summed E-state index contributed by atoms with van der Waals surface area (Å²) in [7, 11) is 0. The lowest BCUT2D eigenvalue weighted by atomic mass is 9.90. The van der Waals surface area contributed by atoms with Gasteiger partial charge in [0.15, 0.2) is 5.79 Å². The maximum Gasteiger partial charge on any atom is 0.223 e. The molecular weight excluding hydrogens is 326 g/mol. The molecule has 0 unspecified atom stereocenters. The van der Waals surface area contributed by atoms with Gasteiger partial charge in [0.05, 0.1) is 23.9 Å². The van der Waals surface area contributed by atoms with Crippen LogP contribution >= 0.6 is 11.6 Å². The van der Waals surface area contributed by atoms with Crippen molar-refractivity contribution in [2.24, 2.45) is 0 Å². The molecular formula is C19H24ClNO3. The van der Waals surface area contributed by atoms with Crippen molar-refractivity contribution in [2.45, 2.75) is 45.3 Å². The highest BCUT2D eigenvalue weighted by Crippen LogP contribution is 2.39. The highest BCUT2D eigenvalue weighted by atomic mass is 35.5. The van der Waals surface area contributed by atoms with Crippen molar-refractivity contribution in [1.82, 2.24) is 0 Å². The maximum absolute atomic E-state index is 11.8. The molecule has 4 nitrogen and oxygen atoms in total. The number of hydrogen-bond donors (Lipinski definition) is 0. The molecule has 0 atom stereocenters. The van der Waals surface area contributed by atoms with E-state index in [4.69, 9.17) is 21.1 Å². The summed E-state index contributed by atoms with van der Waals surface area (Å²) in [5, 5.41) is 0.616. The van der Waals surface area contributed by atoms with E-state index in [0.717, 1.165) is 36.9 Å². The molecule has 3 rings (SSSR count). The van der Waals surface area contributed by atoms with Gasteiger partial charge in [-0.25, -0.2) is 0 Å². The third kappa shape index (κ3) is 3.51. The zero-order chi connectivity index (χ0) is 17.2. The predicted octanol–water partition coefficient (Wildman–Crippen LogP) is 4.41. The number of hydrogen-bond acceptors (Lipinski definition) is 3. The molecule has 1 amide bonds. The summed E-state index contributed by atoms with van der Waals surface area (Å²) in [6.45, 7) is 5.66. The number of carbonyl (C=O) groups excluding carboxylic acids is 1. The molecule has 1 aliphatic carbocycles. The Balaban J connectivity index is 1.80. The van der Waals surface area contributed by atoms with Crippen molar-refractivity contribution >= 4 is 28.8 Å². The number of ether oxygens (including phenoxy) is 2. The molecule has 1 saturated heterocycles. The van der Waals surface area contributed by atoms with Crippen LogP contribution in [0.25, 0.3) is 5.57 Å². The normalized spacial score (nSPS) is 19.4. The van der Waals surface area contributed by atoms with E-state index < -0.39 is 5.79 Å². The molecule has 0 N–H and O–H groups in total. The zero-order valence-corrected chi connectivity index (χ0v) is 15.1. The fourth-order valence-corrected chi connectivity index (χ4v) is 3.71. The number of allylic oxidation sites excluding steroid dienone is 1. The third-order valence-electron chi connectivity index (χ3n) is 4.68. The smallest absolute Gasteiger partial charge is 0.223 e. The lowest BCUT2D eigenvalue weighted by Crippen LogP contribution is -2.31. The number of anilines is 1. The summed E-state index contributed by atoms with van der Waals surface area (Å²) in [4.78, 5) is 13.6.